The molecule has 2 nitrogen and oxygen atoms in total. The molecule has 0 aromatic heterocycles. The molecule has 2 heteroatoms. The third kappa shape index (κ3) is 2.71. The number of hydrogen-bond donors (Lipinski definition) is 1. The molecular weight excluding hydrogens is 172 g/mol. The van der Waals surface area contributed by atoms with Crippen LogP contribution in [0.1, 0.15) is 32.6 Å². The van der Waals surface area contributed by atoms with Gasteiger partial charge < -0.3 is 10.2 Å². The van der Waals surface area contributed by atoms with Crippen LogP contribution in [0.2, 0.25) is 0 Å². The molecule has 0 bridgehead atoms. The highest BCUT2D eigenvalue weighted by atomic mass is 15.2. The van der Waals surface area contributed by atoms with Crippen molar-refractivity contribution in [1.82, 2.24) is 10.2 Å². The highest BCUT2D eigenvalue weighted by molar-refractivity contribution is 4.81. The van der Waals surface area contributed by atoms with E-state index in [-0.39, 0.29) is 0 Å². The van der Waals surface area contributed by atoms with Gasteiger partial charge in [0.05, 0.1) is 0 Å². The Morgan fingerprint density at radius 2 is 2.07 bits per heavy atom. The molecule has 2 rings (SSSR count). The first-order chi connectivity index (χ1) is 6.88. The molecule has 1 saturated carbocycles. The molecule has 1 atom stereocenters. The van der Waals surface area contributed by atoms with Crippen molar-refractivity contribution >= 4 is 0 Å². The predicted octanol–water partition coefficient (Wildman–Crippen LogP) is 1.72. The van der Waals surface area contributed by atoms with Gasteiger partial charge in [0.15, 0.2) is 0 Å². The Hall–Kier alpha value is -0.0800. The lowest BCUT2D eigenvalue weighted by Crippen LogP contribution is -2.32. The minimum Gasteiger partial charge on any atom is -0.317 e. The average molecular weight is 196 g/mol. The van der Waals surface area contributed by atoms with Crippen LogP contribution in [0.15, 0.2) is 0 Å². The fourth-order valence-electron chi connectivity index (χ4n) is 2.63. The maximum Gasteiger partial charge on any atom is 0.00224 e. The highest BCUT2D eigenvalue weighted by Gasteiger charge is 2.26. The first-order valence-corrected chi connectivity index (χ1v) is 6.31. The summed E-state index contributed by atoms with van der Waals surface area (Å²) in [7, 11) is 0. The third-order valence-electron chi connectivity index (χ3n) is 3.79. The van der Waals surface area contributed by atoms with Crippen molar-refractivity contribution in [2.24, 2.45) is 11.8 Å². The third-order valence-corrected chi connectivity index (χ3v) is 3.79. The van der Waals surface area contributed by atoms with Gasteiger partial charge in [0.1, 0.15) is 0 Å². The van der Waals surface area contributed by atoms with Crippen LogP contribution in [0.5, 0.6) is 0 Å². The number of rotatable bonds is 5. The molecule has 2 aliphatic rings. The lowest BCUT2D eigenvalue weighted by atomic mass is 9.85. The van der Waals surface area contributed by atoms with Crippen LogP contribution in [0.3, 0.4) is 0 Å². The van der Waals surface area contributed by atoms with E-state index in [0.717, 1.165) is 18.4 Å². The molecule has 0 aromatic carbocycles. The van der Waals surface area contributed by atoms with Crippen molar-refractivity contribution in [3.8, 4) is 0 Å². The number of hydrogen-bond acceptors (Lipinski definition) is 2. The van der Waals surface area contributed by atoms with Gasteiger partial charge in [-0.25, -0.2) is 0 Å². The predicted molar refractivity (Wildman–Crippen MR) is 60.4 cm³/mol. The Morgan fingerprint density at radius 3 is 2.71 bits per heavy atom. The van der Waals surface area contributed by atoms with Gasteiger partial charge in [-0.05, 0) is 50.7 Å². The van der Waals surface area contributed by atoms with E-state index in [1.165, 1.54) is 51.9 Å². The minimum atomic E-state index is 0.926. The Balaban J connectivity index is 1.61. The zero-order valence-corrected chi connectivity index (χ0v) is 9.47. The molecule has 0 spiro atoms. The molecule has 1 aliphatic carbocycles. The molecule has 0 amide bonds. The fourth-order valence-corrected chi connectivity index (χ4v) is 2.63. The monoisotopic (exact) mass is 196 g/mol. The smallest absolute Gasteiger partial charge is 0.00224 e. The first-order valence-electron chi connectivity index (χ1n) is 6.31. The van der Waals surface area contributed by atoms with Gasteiger partial charge in [0.25, 0.3) is 0 Å². The van der Waals surface area contributed by atoms with Gasteiger partial charge >= 0.3 is 0 Å². The van der Waals surface area contributed by atoms with Crippen LogP contribution >= 0.6 is 0 Å². The number of likely N-dealkylation sites (tertiary alicyclic amines) is 1. The fraction of sp³-hybridized carbons (Fsp3) is 1.00. The van der Waals surface area contributed by atoms with Gasteiger partial charge in [-0.3, -0.25) is 0 Å². The molecule has 1 heterocycles. The molecule has 1 unspecified atom stereocenters. The van der Waals surface area contributed by atoms with Crippen LogP contribution in [0.25, 0.3) is 0 Å². The van der Waals surface area contributed by atoms with Crippen LogP contribution in [-0.4, -0.2) is 37.6 Å². The normalized spacial score (nSPS) is 29.4. The van der Waals surface area contributed by atoms with E-state index < -0.39 is 0 Å². The van der Waals surface area contributed by atoms with Crippen LogP contribution in [0, 0.1) is 11.8 Å². The van der Waals surface area contributed by atoms with Gasteiger partial charge in [0.2, 0.25) is 0 Å². The maximum absolute atomic E-state index is 3.47. The summed E-state index contributed by atoms with van der Waals surface area (Å²) >= 11 is 0. The SMILES string of the molecule is CCNCC1CCN(CC2CCC2)C1. The van der Waals surface area contributed by atoms with E-state index in [1.807, 2.05) is 0 Å². The second-order valence-electron chi connectivity index (χ2n) is 5.02. The molecule has 0 radical (unpaired) electrons. The number of nitrogens with zero attached hydrogens (tertiary/aromatic N) is 1. The summed E-state index contributed by atoms with van der Waals surface area (Å²) in [4.78, 5) is 2.69. The first kappa shape index (κ1) is 10.4. The second-order valence-corrected chi connectivity index (χ2v) is 5.02. The molecule has 2 fully saturated rings. The van der Waals surface area contributed by atoms with Crippen molar-refractivity contribution in [2.75, 3.05) is 32.7 Å². The summed E-state index contributed by atoms with van der Waals surface area (Å²) < 4.78 is 0. The van der Waals surface area contributed by atoms with Gasteiger partial charge in [-0.1, -0.05) is 13.3 Å². The molecule has 14 heavy (non-hydrogen) atoms. The van der Waals surface area contributed by atoms with Gasteiger partial charge in [0, 0.05) is 13.1 Å². The lowest BCUT2D eigenvalue weighted by molar-refractivity contribution is 0.200. The Morgan fingerprint density at radius 1 is 1.21 bits per heavy atom. The quantitative estimate of drug-likeness (QED) is 0.720. The molecule has 1 aliphatic heterocycles. The molecule has 1 saturated heterocycles. The van der Waals surface area contributed by atoms with Crippen molar-refractivity contribution in [3.05, 3.63) is 0 Å². The van der Waals surface area contributed by atoms with Crippen molar-refractivity contribution in [2.45, 2.75) is 32.6 Å². The Bertz CT molecular complexity index is 166. The minimum absolute atomic E-state index is 0.926. The van der Waals surface area contributed by atoms with E-state index in [9.17, 15) is 0 Å². The topological polar surface area (TPSA) is 15.3 Å². The van der Waals surface area contributed by atoms with Crippen LogP contribution in [0.4, 0.5) is 0 Å². The highest BCUT2D eigenvalue weighted by Crippen LogP contribution is 2.28. The molecule has 1 N–H and O–H groups in total. The molecule has 82 valence electrons. The summed E-state index contributed by atoms with van der Waals surface area (Å²) in [6.07, 6.45) is 5.89. The largest absolute Gasteiger partial charge is 0.317 e. The van der Waals surface area contributed by atoms with Crippen molar-refractivity contribution in [1.29, 1.82) is 0 Å². The number of nitrogens with one attached hydrogen (secondary N) is 1. The second kappa shape index (κ2) is 5.13. The summed E-state index contributed by atoms with van der Waals surface area (Å²) in [5.74, 6) is 1.97. The Labute approximate surface area is 88.1 Å². The van der Waals surface area contributed by atoms with Crippen LogP contribution < -0.4 is 5.32 Å². The summed E-state index contributed by atoms with van der Waals surface area (Å²) in [6, 6.07) is 0. The Kier molecular flexibility index (Phi) is 3.82. The van der Waals surface area contributed by atoms with E-state index >= 15 is 0 Å². The van der Waals surface area contributed by atoms with E-state index in [0.29, 0.717) is 0 Å². The standard InChI is InChI=1S/C12H24N2/c1-2-13-8-12-6-7-14(10-12)9-11-4-3-5-11/h11-13H,2-10H2,1H3. The zero-order valence-electron chi connectivity index (χ0n) is 9.47. The summed E-state index contributed by atoms with van der Waals surface area (Å²) in [5.41, 5.74) is 0. The van der Waals surface area contributed by atoms with Crippen molar-refractivity contribution in [3.63, 3.8) is 0 Å². The van der Waals surface area contributed by atoms with Gasteiger partial charge in [-0.2, -0.15) is 0 Å². The van der Waals surface area contributed by atoms with E-state index in [4.69, 9.17) is 0 Å². The lowest BCUT2D eigenvalue weighted by Gasteiger charge is -2.30. The average Bonchev–Trinajstić information content (AvgIpc) is 2.56. The maximum atomic E-state index is 3.47. The van der Waals surface area contributed by atoms with Gasteiger partial charge in [-0.15, -0.1) is 0 Å². The molecule has 0 aromatic rings. The van der Waals surface area contributed by atoms with Crippen molar-refractivity contribution < 1.29 is 0 Å². The summed E-state index contributed by atoms with van der Waals surface area (Å²) in [5, 5.41) is 3.47. The van der Waals surface area contributed by atoms with Crippen LogP contribution in [-0.2, 0) is 0 Å². The molecular formula is C12H24N2. The summed E-state index contributed by atoms with van der Waals surface area (Å²) in [6.45, 7) is 8.65. The zero-order chi connectivity index (χ0) is 9.80. The van der Waals surface area contributed by atoms with E-state index in [2.05, 4.69) is 17.1 Å². The van der Waals surface area contributed by atoms with E-state index in [1.54, 1.807) is 0 Å².